The van der Waals surface area contributed by atoms with Crippen molar-refractivity contribution in [2.24, 2.45) is 5.92 Å². The normalized spacial score (nSPS) is 30.2. The van der Waals surface area contributed by atoms with Crippen molar-refractivity contribution in [3.8, 4) is 0 Å². The number of nitrogens with one attached hydrogen (secondary N) is 2. The highest BCUT2D eigenvalue weighted by molar-refractivity contribution is 5.96. The zero-order chi connectivity index (χ0) is 29.1. The van der Waals surface area contributed by atoms with Crippen LogP contribution in [-0.4, -0.2) is 85.4 Å². The number of aryl methyl sites for hydroxylation is 1. The van der Waals surface area contributed by atoms with Crippen LogP contribution in [0.3, 0.4) is 0 Å². The Hall–Kier alpha value is -3.51. The van der Waals surface area contributed by atoms with Gasteiger partial charge in [0.25, 0.3) is 0 Å². The Kier molecular flexibility index (Phi) is 8.79. The predicted molar refractivity (Wildman–Crippen MR) is 143 cm³/mol. The molecule has 3 heterocycles. The average Bonchev–Trinajstić information content (AvgIpc) is 3.17. The maximum absolute atomic E-state index is 14.0. The quantitative estimate of drug-likeness (QED) is 0.416. The summed E-state index contributed by atoms with van der Waals surface area (Å²) in [6, 6.07) is -2.20. The summed E-state index contributed by atoms with van der Waals surface area (Å²) in [4.78, 5) is 56.4. The number of tetrazole rings is 1. The molecule has 0 bridgehead atoms. The molecule has 13 nitrogen and oxygen atoms in total. The van der Waals surface area contributed by atoms with Gasteiger partial charge in [0.05, 0.1) is 12.6 Å². The van der Waals surface area contributed by atoms with Crippen LogP contribution in [0.1, 0.15) is 84.5 Å². The summed E-state index contributed by atoms with van der Waals surface area (Å²) in [5.74, 6) is -1.03. The van der Waals surface area contributed by atoms with Crippen molar-refractivity contribution < 1.29 is 28.7 Å². The summed E-state index contributed by atoms with van der Waals surface area (Å²) in [7, 11) is 0. The van der Waals surface area contributed by atoms with Gasteiger partial charge in [-0.2, -0.15) is 4.80 Å². The molecule has 2 N–H and O–H groups in total. The second-order valence-electron chi connectivity index (χ2n) is 11.8. The number of ether oxygens (including phenoxy) is 2. The molecule has 0 aromatic carbocycles. The van der Waals surface area contributed by atoms with Gasteiger partial charge in [-0.25, -0.2) is 9.59 Å². The minimum absolute atomic E-state index is 0.148. The molecule has 1 aliphatic carbocycles. The fourth-order valence-corrected chi connectivity index (χ4v) is 5.39. The van der Waals surface area contributed by atoms with E-state index >= 15 is 0 Å². The van der Waals surface area contributed by atoms with Crippen molar-refractivity contribution in [2.45, 2.75) is 109 Å². The molecule has 0 spiro atoms. The number of fused-ring (bicyclic) bond motifs is 2. The summed E-state index contributed by atoms with van der Waals surface area (Å²) in [5.41, 5.74) is -1.90. The molecule has 2 aliphatic heterocycles. The number of hydrogen-bond donors (Lipinski definition) is 2. The lowest BCUT2D eigenvalue weighted by Crippen LogP contribution is -2.56. The molecule has 0 radical (unpaired) electrons. The maximum atomic E-state index is 14.0. The molecule has 0 unspecified atom stereocenters. The molecular formula is C27H41N7O6. The van der Waals surface area contributed by atoms with Gasteiger partial charge in [0.15, 0.2) is 5.82 Å². The topological polar surface area (TPSA) is 158 Å². The van der Waals surface area contributed by atoms with Crippen LogP contribution in [0.15, 0.2) is 12.2 Å². The molecule has 1 saturated carbocycles. The standard InChI is InChI=1S/C27H41N7O6/c1-6-39-24(37)27-15-18(27)12-10-8-7-9-11-13-20(28-25(38)40-26(3,4)5)23(36)33-16-19(14-21(33)22(35)29-27)34-31-17(2)30-32-34/h10,12,18-21H,6-9,11,13-16H2,1-5H3,(H,28,38)(H,29,35)/b12-10-/t18-,19+,20-,21-,27+/m0/s1. The van der Waals surface area contributed by atoms with Crippen LogP contribution in [0, 0.1) is 12.8 Å². The number of alkyl carbamates (subject to hydrolysis) is 1. The van der Waals surface area contributed by atoms with Crippen LogP contribution in [-0.2, 0) is 23.9 Å². The maximum Gasteiger partial charge on any atom is 0.408 e. The van der Waals surface area contributed by atoms with E-state index < -0.39 is 53.1 Å². The molecule has 13 heteroatoms. The minimum atomic E-state index is -1.16. The van der Waals surface area contributed by atoms with Crippen LogP contribution in [0.5, 0.6) is 0 Å². The number of rotatable bonds is 4. The molecule has 5 atom stereocenters. The lowest BCUT2D eigenvalue weighted by molar-refractivity contribution is -0.150. The third-order valence-electron chi connectivity index (χ3n) is 7.44. The fraction of sp³-hybridized carbons (Fsp3) is 0.741. The van der Waals surface area contributed by atoms with Crippen LogP contribution < -0.4 is 10.6 Å². The first-order valence-corrected chi connectivity index (χ1v) is 14.2. The zero-order valence-corrected chi connectivity index (χ0v) is 24.0. The van der Waals surface area contributed by atoms with Crippen LogP contribution in [0.4, 0.5) is 4.79 Å². The molecule has 1 saturated heterocycles. The number of aromatic nitrogens is 4. The SMILES string of the molecule is CCOC(=O)[C@@]12C[C@@H]1/C=C\CCCCC[C@H](NC(=O)OC(C)(C)C)C(=O)N1C[C@H](n3nnc(C)n3)C[C@H]1C(=O)N2. The summed E-state index contributed by atoms with van der Waals surface area (Å²) < 4.78 is 10.8. The van der Waals surface area contributed by atoms with Crippen molar-refractivity contribution in [2.75, 3.05) is 13.2 Å². The van der Waals surface area contributed by atoms with Crippen molar-refractivity contribution in [1.29, 1.82) is 0 Å². The Morgan fingerprint density at radius 1 is 1.23 bits per heavy atom. The van der Waals surface area contributed by atoms with Gasteiger partial charge in [-0.05, 0) is 65.5 Å². The molecular weight excluding hydrogens is 518 g/mol. The number of esters is 1. The highest BCUT2D eigenvalue weighted by Gasteiger charge is 2.62. The number of hydrogen-bond acceptors (Lipinski definition) is 9. The van der Waals surface area contributed by atoms with E-state index in [2.05, 4.69) is 26.0 Å². The van der Waals surface area contributed by atoms with Crippen molar-refractivity contribution >= 4 is 23.9 Å². The number of amides is 3. The van der Waals surface area contributed by atoms with Crippen molar-refractivity contribution in [1.82, 2.24) is 35.7 Å². The number of allylic oxidation sites excluding steroid dienone is 1. The summed E-state index contributed by atoms with van der Waals surface area (Å²) in [6.07, 6.45) is 7.63. The van der Waals surface area contributed by atoms with E-state index in [1.807, 2.05) is 12.2 Å². The van der Waals surface area contributed by atoms with Gasteiger partial charge in [0.2, 0.25) is 11.8 Å². The second kappa shape index (κ2) is 11.9. The molecule has 220 valence electrons. The first kappa shape index (κ1) is 29.5. The van der Waals surface area contributed by atoms with Gasteiger partial charge >= 0.3 is 12.1 Å². The van der Waals surface area contributed by atoms with Gasteiger partial charge in [0.1, 0.15) is 23.2 Å². The predicted octanol–water partition coefficient (Wildman–Crippen LogP) is 1.98. The molecule has 40 heavy (non-hydrogen) atoms. The third-order valence-corrected chi connectivity index (χ3v) is 7.44. The Balaban J connectivity index is 1.64. The van der Waals surface area contributed by atoms with Gasteiger partial charge in [-0.1, -0.05) is 25.0 Å². The molecule has 4 rings (SSSR count). The number of carbonyl (C=O) groups excluding carboxylic acids is 4. The molecule has 3 amide bonds. The summed E-state index contributed by atoms with van der Waals surface area (Å²) >= 11 is 0. The first-order valence-electron chi connectivity index (χ1n) is 14.2. The van der Waals surface area contributed by atoms with Crippen LogP contribution >= 0.6 is 0 Å². The van der Waals surface area contributed by atoms with Crippen LogP contribution in [0.25, 0.3) is 0 Å². The van der Waals surface area contributed by atoms with Crippen molar-refractivity contribution in [3.63, 3.8) is 0 Å². The van der Waals surface area contributed by atoms with Crippen LogP contribution in [0.2, 0.25) is 0 Å². The lowest BCUT2D eigenvalue weighted by atomic mass is 10.0. The largest absolute Gasteiger partial charge is 0.464 e. The third kappa shape index (κ3) is 6.79. The fourth-order valence-electron chi connectivity index (χ4n) is 5.39. The van der Waals surface area contributed by atoms with Gasteiger partial charge < -0.3 is 25.0 Å². The van der Waals surface area contributed by atoms with Crippen molar-refractivity contribution in [3.05, 3.63) is 18.0 Å². The van der Waals surface area contributed by atoms with Gasteiger partial charge in [-0.15, -0.1) is 10.2 Å². The van der Waals surface area contributed by atoms with Gasteiger partial charge in [-0.3, -0.25) is 9.59 Å². The zero-order valence-electron chi connectivity index (χ0n) is 24.0. The molecule has 1 aromatic heterocycles. The average molecular weight is 560 g/mol. The Morgan fingerprint density at radius 2 is 2.00 bits per heavy atom. The van der Waals surface area contributed by atoms with E-state index in [0.717, 1.165) is 19.3 Å². The smallest absolute Gasteiger partial charge is 0.408 e. The minimum Gasteiger partial charge on any atom is -0.464 e. The summed E-state index contributed by atoms with van der Waals surface area (Å²) in [6.45, 7) is 9.03. The summed E-state index contributed by atoms with van der Waals surface area (Å²) in [5, 5.41) is 18.0. The van der Waals surface area contributed by atoms with E-state index in [-0.39, 0.29) is 25.5 Å². The molecule has 3 aliphatic rings. The number of nitrogens with zero attached hydrogens (tertiary/aromatic N) is 5. The molecule has 2 fully saturated rings. The Morgan fingerprint density at radius 3 is 2.67 bits per heavy atom. The Bertz CT molecular complexity index is 1140. The van der Waals surface area contributed by atoms with E-state index in [1.54, 1.807) is 34.6 Å². The van der Waals surface area contributed by atoms with Gasteiger partial charge in [0, 0.05) is 18.9 Å². The lowest BCUT2D eigenvalue weighted by Gasteiger charge is -2.30. The Labute approximate surface area is 234 Å². The first-order chi connectivity index (χ1) is 18.9. The highest BCUT2D eigenvalue weighted by atomic mass is 16.6. The number of carbonyl (C=O) groups is 4. The van der Waals surface area contributed by atoms with E-state index in [1.165, 1.54) is 9.70 Å². The van der Waals surface area contributed by atoms with E-state index in [0.29, 0.717) is 25.1 Å². The highest BCUT2D eigenvalue weighted by Crippen LogP contribution is 2.46. The molecule has 1 aromatic rings. The van der Waals surface area contributed by atoms with E-state index in [9.17, 15) is 19.2 Å². The second-order valence-corrected chi connectivity index (χ2v) is 11.8. The monoisotopic (exact) mass is 559 g/mol. The van der Waals surface area contributed by atoms with E-state index in [4.69, 9.17) is 9.47 Å².